The first-order valence-corrected chi connectivity index (χ1v) is 10.4. The van der Waals surface area contributed by atoms with E-state index in [2.05, 4.69) is 20.9 Å². The van der Waals surface area contributed by atoms with E-state index in [1.807, 2.05) is 0 Å². The number of carbonyl (C=O) groups excluding carboxylic acids is 2. The van der Waals surface area contributed by atoms with Crippen LogP contribution < -0.4 is 4.74 Å². The lowest BCUT2D eigenvalue weighted by atomic mass is 9.95. The van der Waals surface area contributed by atoms with Crippen molar-refractivity contribution in [3.63, 3.8) is 0 Å². The van der Waals surface area contributed by atoms with E-state index in [-0.39, 0.29) is 17.9 Å². The molecule has 1 amide bonds. The topological polar surface area (TPSA) is 79.7 Å². The SMILES string of the molecule is COc1ccc(C2/C(=C(\O)c3ccc(Br)cc3)C(=O)C(=O)N2Cc2ccncc2)cc1. The van der Waals surface area contributed by atoms with Crippen LogP contribution in [-0.2, 0) is 16.1 Å². The largest absolute Gasteiger partial charge is 0.507 e. The molecule has 3 aromatic rings. The number of aliphatic hydroxyl groups is 1. The monoisotopic (exact) mass is 478 g/mol. The molecule has 2 heterocycles. The summed E-state index contributed by atoms with van der Waals surface area (Å²) in [6, 6.07) is 16.9. The molecule has 1 unspecified atom stereocenters. The van der Waals surface area contributed by atoms with E-state index < -0.39 is 17.7 Å². The van der Waals surface area contributed by atoms with Crippen LogP contribution in [0.3, 0.4) is 0 Å². The fraction of sp³-hybridized carbons (Fsp3) is 0.125. The second kappa shape index (κ2) is 8.73. The molecule has 31 heavy (non-hydrogen) atoms. The van der Waals surface area contributed by atoms with Crippen molar-refractivity contribution in [3.05, 3.63) is 99.8 Å². The Bertz CT molecular complexity index is 1140. The minimum absolute atomic E-state index is 0.0616. The lowest BCUT2D eigenvalue weighted by molar-refractivity contribution is -0.140. The van der Waals surface area contributed by atoms with Crippen LogP contribution >= 0.6 is 15.9 Å². The number of aliphatic hydroxyl groups excluding tert-OH is 1. The standard InChI is InChI=1S/C24H19BrN2O4/c1-31-19-8-4-16(5-9-19)21-20(22(28)17-2-6-18(25)7-3-17)23(29)24(30)27(21)14-15-10-12-26-13-11-15/h2-13,21,28H,14H2,1H3/b22-20+. The average molecular weight is 479 g/mol. The first kappa shape index (κ1) is 20.8. The van der Waals surface area contributed by atoms with Crippen LogP contribution in [0.1, 0.15) is 22.7 Å². The van der Waals surface area contributed by atoms with Crippen LogP contribution in [0, 0.1) is 0 Å². The zero-order valence-electron chi connectivity index (χ0n) is 16.7. The molecule has 6 nitrogen and oxygen atoms in total. The minimum Gasteiger partial charge on any atom is -0.507 e. The predicted octanol–water partition coefficient (Wildman–Crippen LogP) is 4.47. The third-order valence-electron chi connectivity index (χ3n) is 5.19. The van der Waals surface area contributed by atoms with Gasteiger partial charge in [-0.1, -0.05) is 40.2 Å². The van der Waals surface area contributed by atoms with E-state index in [0.29, 0.717) is 16.9 Å². The zero-order valence-corrected chi connectivity index (χ0v) is 18.2. The molecule has 2 aromatic carbocycles. The third kappa shape index (κ3) is 4.09. The molecule has 0 radical (unpaired) electrons. The molecule has 1 aliphatic rings. The third-order valence-corrected chi connectivity index (χ3v) is 5.72. The second-order valence-electron chi connectivity index (χ2n) is 7.06. The molecule has 1 atom stereocenters. The van der Waals surface area contributed by atoms with E-state index >= 15 is 0 Å². The van der Waals surface area contributed by atoms with Gasteiger partial charge in [-0.15, -0.1) is 0 Å². The number of carbonyl (C=O) groups is 2. The number of rotatable bonds is 5. The van der Waals surface area contributed by atoms with Crippen molar-refractivity contribution in [2.24, 2.45) is 0 Å². The van der Waals surface area contributed by atoms with Crippen LogP contribution in [0.5, 0.6) is 5.75 Å². The van der Waals surface area contributed by atoms with Gasteiger partial charge in [0.2, 0.25) is 0 Å². The summed E-state index contributed by atoms with van der Waals surface area (Å²) in [5.41, 5.74) is 2.06. The van der Waals surface area contributed by atoms with Gasteiger partial charge >= 0.3 is 0 Å². The molecule has 4 rings (SSSR count). The van der Waals surface area contributed by atoms with Gasteiger partial charge in [-0.2, -0.15) is 0 Å². The smallest absolute Gasteiger partial charge is 0.295 e. The molecule has 0 saturated carbocycles. The highest BCUT2D eigenvalue weighted by Gasteiger charge is 2.46. The van der Waals surface area contributed by atoms with Crippen molar-refractivity contribution in [1.29, 1.82) is 0 Å². The highest BCUT2D eigenvalue weighted by molar-refractivity contribution is 9.10. The molecule has 1 aromatic heterocycles. The number of aromatic nitrogens is 1. The quantitative estimate of drug-likeness (QED) is 0.332. The van der Waals surface area contributed by atoms with E-state index in [9.17, 15) is 14.7 Å². The fourth-order valence-electron chi connectivity index (χ4n) is 3.62. The Morgan fingerprint density at radius 3 is 2.29 bits per heavy atom. The lowest BCUT2D eigenvalue weighted by Crippen LogP contribution is -2.29. The van der Waals surface area contributed by atoms with Crippen molar-refractivity contribution in [2.75, 3.05) is 7.11 Å². The van der Waals surface area contributed by atoms with Crippen molar-refractivity contribution in [2.45, 2.75) is 12.6 Å². The Hall–Kier alpha value is -3.45. The van der Waals surface area contributed by atoms with Crippen LogP contribution in [0.2, 0.25) is 0 Å². The number of Topliss-reactive ketones (excluding diaryl/α,β-unsaturated/α-hetero) is 1. The Morgan fingerprint density at radius 2 is 1.68 bits per heavy atom. The number of ether oxygens (including phenoxy) is 1. The molecule has 0 aliphatic carbocycles. The molecule has 156 valence electrons. The van der Waals surface area contributed by atoms with Crippen LogP contribution in [0.4, 0.5) is 0 Å². The van der Waals surface area contributed by atoms with Gasteiger partial charge in [0.1, 0.15) is 11.5 Å². The Balaban J connectivity index is 1.85. The molecule has 0 spiro atoms. The second-order valence-corrected chi connectivity index (χ2v) is 7.98. The molecule has 7 heteroatoms. The summed E-state index contributed by atoms with van der Waals surface area (Å²) in [7, 11) is 1.57. The van der Waals surface area contributed by atoms with E-state index in [4.69, 9.17) is 4.74 Å². The van der Waals surface area contributed by atoms with Crippen LogP contribution in [0.25, 0.3) is 5.76 Å². The van der Waals surface area contributed by atoms with Gasteiger partial charge in [0.05, 0.1) is 18.7 Å². The van der Waals surface area contributed by atoms with Gasteiger partial charge < -0.3 is 14.7 Å². The number of methoxy groups -OCH3 is 1. The van der Waals surface area contributed by atoms with Crippen molar-refractivity contribution in [1.82, 2.24) is 9.88 Å². The van der Waals surface area contributed by atoms with Gasteiger partial charge in [-0.05, 0) is 47.5 Å². The Kier molecular flexibility index (Phi) is 5.86. The number of likely N-dealkylation sites (tertiary alicyclic amines) is 1. The average Bonchev–Trinajstić information content (AvgIpc) is 3.05. The number of hydrogen-bond donors (Lipinski definition) is 1. The summed E-state index contributed by atoms with van der Waals surface area (Å²) in [5, 5.41) is 11.0. The number of ketones is 1. The van der Waals surface area contributed by atoms with E-state index in [1.165, 1.54) is 4.90 Å². The van der Waals surface area contributed by atoms with E-state index in [0.717, 1.165) is 10.0 Å². The number of benzene rings is 2. The highest BCUT2D eigenvalue weighted by Crippen LogP contribution is 2.40. The zero-order chi connectivity index (χ0) is 22.0. The first-order chi connectivity index (χ1) is 15.0. The minimum atomic E-state index is -0.734. The van der Waals surface area contributed by atoms with Gasteiger partial charge in [0.25, 0.3) is 11.7 Å². The predicted molar refractivity (Wildman–Crippen MR) is 119 cm³/mol. The van der Waals surface area contributed by atoms with Crippen molar-refractivity contribution < 1.29 is 19.4 Å². The molecular formula is C24H19BrN2O4. The fourth-order valence-corrected chi connectivity index (χ4v) is 3.89. The molecular weight excluding hydrogens is 460 g/mol. The summed E-state index contributed by atoms with van der Waals surface area (Å²) < 4.78 is 6.07. The van der Waals surface area contributed by atoms with Gasteiger partial charge in [0.15, 0.2) is 0 Å². The summed E-state index contributed by atoms with van der Waals surface area (Å²) in [6.07, 6.45) is 3.27. The maximum atomic E-state index is 13.0. The number of hydrogen-bond acceptors (Lipinski definition) is 5. The normalized spacial score (nSPS) is 17.7. The molecule has 0 bridgehead atoms. The number of amides is 1. The molecule has 1 N–H and O–H groups in total. The van der Waals surface area contributed by atoms with Gasteiger partial charge in [-0.25, -0.2) is 0 Å². The van der Waals surface area contributed by atoms with Gasteiger partial charge in [-0.3, -0.25) is 14.6 Å². The van der Waals surface area contributed by atoms with Crippen LogP contribution in [0.15, 0.2) is 83.1 Å². The number of pyridine rings is 1. The lowest BCUT2D eigenvalue weighted by Gasteiger charge is -2.25. The summed E-state index contributed by atoms with van der Waals surface area (Å²) in [5.74, 6) is -0.918. The summed E-state index contributed by atoms with van der Waals surface area (Å²) >= 11 is 3.36. The van der Waals surface area contributed by atoms with Crippen LogP contribution in [-0.4, -0.2) is 33.8 Å². The highest BCUT2D eigenvalue weighted by atomic mass is 79.9. The van der Waals surface area contributed by atoms with Gasteiger partial charge in [0, 0.05) is 29.0 Å². The molecule has 1 fully saturated rings. The number of nitrogens with zero attached hydrogens (tertiary/aromatic N) is 2. The maximum Gasteiger partial charge on any atom is 0.295 e. The Morgan fingerprint density at radius 1 is 1.03 bits per heavy atom. The number of halogens is 1. The maximum absolute atomic E-state index is 13.0. The molecule has 1 saturated heterocycles. The first-order valence-electron chi connectivity index (χ1n) is 9.57. The Labute approximate surface area is 187 Å². The molecule has 1 aliphatic heterocycles. The van der Waals surface area contributed by atoms with Crippen molar-refractivity contribution >= 4 is 33.4 Å². The van der Waals surface area contributed by atoms with Crippen molar-refractivity contribution in [3.8, 4) is 5.75 Å². The van der Waals surface area contributed by atoms with E-state index in [1.54, 1.807) is 80.2 Å². The summed E-state index contributed by atoms with van der Waals surface area (Å²) in [6.45, 7) is 0.209. The summed E-state index contributed by atoms with van der Waals surface area (Å²) in [4.78, 5) is 31.5.